The second kappa shape index (κ2) is 4.71. The molecule has 1 aromatic rings. The standard InChI is InChI=1S/C9H13N3O3S2/c10-17(14,15)5-7-1-9(13)12(2-7)3-8-4-16-6-11-8/h4,6-7H,1-3,5H2,(H2,10,14,15). The first-order valence-electron chi connectivity index (χ1n) is 5.09. The van der Waals surface area contributed by atoms with Crippen molar-refractivity contribution in [2.45, 2.75) is 13.0 Å². The second-order valence-electron chi connectivity index (χ2n) is 4.15. The van der Waals surface area contributed by atoms with E-state index in [9.17, 15) is 13.2 Å². The van der Waals surface area contributed by atoms with Crippen molar-refractivity contribution >= 4 is 27.3 Å². The van der Waals surface area contributed by atoms with Crippen molar-refractivity contribution < 1.29 is 13.2 Å². The van der Waals surface area contributed by atoms with E-state index in [2.05, 4.69) is 4.98 Å². The van der Waals surface area contributed by atoms with Crippen LogP contribution in [0.1, 0.15) is 12.1 Å². The number of likely N-dealkylation sites (tertiary alicyclic amines) is 1. The number of sulfonamides is 1. The van der Waals surface area contributed by atoms with Crippen molar-refractivity contribution in [3.8, 4) is 0 Å². The Kier molecular flexibility index (Phi) is 3.45. The van der Waals surface area contributed by atoms with Gasteiger partial charge in [-0.3, -0.25) is 4.79 Å². The number of hydrogen-bond acceptors (Lipinski definition) is 5. The Morgan fingerprint density at radius 1 is 1.59 bits per heavy atom. The molecule has 8 heteroatoms. The summed E-state index contributed by atoms with van der Waals surface area (Å²) < 4.78 is 21.9. The number of thiazole rings is 1. The molecule has 1 saturated heterocycles. The number of aromatic nitrogens is 1. The van der Waals surface area contributed by atoms with E-state index in [1.807, 2.05) is 5.38 Å². The third kappa shape index (κ3) is 3.48. The molecule has 1 aliphatic heterocycles. The van der Waals surface area contributed by atoms with Crippen LogP contribution in [0.15, 0.2) is 10.9 Å². The lowest BCUT2D eigenvalue weighted by atomic mass is 10.1. The quantitative estimate of drug-likeness (QED) is 0.822. The molecule has 2 rings (SSSR count). The number of primary sulfonamides is 1. The van der Waals surface area contributed by atoms with Gasteiger partial charge in [-0.1, -0.05) is 0 Å². The lowest BCUT2D eigenvalue weighted by Crippen LogP contribution is -2.27. The lowest BCUT2D eigenvalue weighted by Gasteiger charge is -2.14. The van der Waals surface area contributed by atoms with Crippen molar-refractivity contribution in [3.05, 3.63) is 16.6 Å². The monoisotopic (exact) mass is 275 g/mol. The summed E-state index contributed by atoms with van der Waals surface area (Å²) >= 11 is 1.47. The highest BCUT2D eigenvalue weighted by Crippen LogP contribution is 2.20. The molecular weight excluding hydrogens is 262 g/mol. The molecule has 0 aliphatic carbocycles. The molecule has 1 amide bonds. The van der Waals surface area contributed by atoms with Crippen molar-refractivity contribution in [1.82, 2.24) is 9.88 Å². The molecule has 1 unspecified atom stereocenters. The van der Waals surface area contributed by atoms with Gasteiger partial charge in [0.25, 0.3) is 0 Å². The zero-order chi connectivity index (χ0) is 12.5. The molecule has 2 heterocycles. The van der Waals surface area contributed by atoms with E-state index >= 15 is 0 Å². The molecule has 94 valence electrons. The summed E-state index contributed by atoms with van der Waals surface area (Å²) in [6.07, 6.45) is 0.251. The zero-order valence-electron chi connectivity index (χ0n) is 9.07. The molecule has 6 nitrogen and oxygen atoms in total. The van der Waals surface area contributed by atoms with Crippen molar-refractivity contribution in [2.75, 3.05) is 12.3 Å². The Morgan fingerprint density at radius 3 is 2.94 bits per heavy atom. The van der Waals surface area contributed by atoms with Crippen LogP contribution in [0.25, 0.3) is 0 Å². The Morgan fingerprint density at radius 2 is 2.35 bits per heavy atom. The van der Waals surface area contributed by atoms with Crippen LogP contribution in [-0.4, -0.2) is 36.5 Å². The van der Waals surface area contributed by atoms with Gasteiger partial charge in [0.1, 0.15) is 0 Å². The highest BCUT2D eigenvalue weighted by atomic mass is 32.2. The summed E-state index contributed by atoms with van der Waals surface area (Å²) in [4.78, 5) is 17.4. The fraction of sp³-hybridized carbons (Fsp3) is 0.556. The van der Waals surface area contributed by atoms with Crippen LogP contribution in [0, 0.1) is 5.92 Å². The van der Waals surface area contributed by atoms with Gasteiger partial charge in [0.2, 0.25) is 15.9 Å². The highest BCUT2D eigenvalue weighted by Gasteiger charge is 2.31. The van der Waals surface area contributed by atoms with E-state index in [0.29, 0.717) is 13.1 Å². The lowest BCUT2D eigenvalue weighted by molar-refractivity contribution is -0.128. The molecule has 0 aromatic carbocycles. The molecule has 1 atom stereocenters. The molecule has 2 N–H and O–H groups in total. The first-order valence-corrected chi connectivity index (χ1v) is 7.75. The number of carbonyl (C=O) groups is 1. The van der Waals surface area contributed by atoms with Crippen LogP contribution in [0.4, 0.5) is 0 Å². The van der Waals surface area contributed by atoms with Gasteiger partial charge in [-0.2, -0.15) is 0 Å². The van der Waals surface area contributed by atoms with Crippen LogP contribution >= 0.6 is 11.3 Å². The summed E-state index contributed by atoms with van der Waals surface area (Å²) in [5, 5.41) is 6.85. The Balaban J connectivity index is 1.96. The summed E-state index contributed by atoms with van der Waals surface area (Å²) in [5.74, 6) is -0.366. The topological polar surface area (TPSA) is 93.4 Å². The minimum absolute atomic E-state index is 0.0355. The minimum Gasteiger partial charge on any atom is -0.336 e. The maximum absolute atomic E-state index is 11.7. The van der Waals surface area contributed by atoms with Crippen LogP contribution in [0.5, 0.6) is 0 Å². The number of carbonyl (C=O) groups excluding carboxylic acids is 1. The van der Waals surface area contributed by atoms with Crippen LogP contribution in [0.3, 0.4) is 0 Å². The van der Waals surface area contributed by atoms with Crippen molar-refractivity contribution in [3.63, 3.8) is 0 Å². The van der Waals surface area contributed by atoms with Crippen molar-refractivity contribution in [1.29, 1.82) is 0 Å². The average molecular weight is 275 g/mol. The first-order chi connectivity index (χ1) is 7.94. The Bertz CT molecular complexity index is 498. The zero-order valence-corrected chi connectivity index (χ0v) is 10.7. The molecule has 1 fully saturated rings. The van der Waals surface area contributed by atoms with Crippen LogP contribution < -0.4 is 5.14 Å². The summed E-state index contributed by atoms with van der Waals surface area (Å²) in [7, 11) is -3.51. The first kappa shape index (κ1) is 12.5. The van der Waals surface area contributed by atoms with E-state index in [1.165, 1.54) is 11.3 Å². The number of amides is 1. The summed E-state index contributed by atoms with van der Waals surface area (Å²) in [5.41, 5.74) is 2.54. The molecule has 1 aromatic heterocycles. The molecule has 0 bridgehead atoms. The largest absolute Gasteiger partial charge is 0.336 e. The van der Waals surface area contributed by atoms with Gasteiger partial charge in [-0.25, -0.2) is 18.5 Å². The number of nitrogens with zero attached hydrogens (tertiary/aromatic N) is 2. The van der Waals surface area contributed by atoms with Gasteiger partial charge in [-0.15, -0.1) is 11.3 Å². The number of nitrogens with two attached hydrogens (primary N) is 1. The smallest absolute Gasteiger partial charge is 0.223 e. The molecule has 0 radical (unpaired) electrons. The third-order valence-corrected chi connectivity index (χ3v) is 4.17. The van der Waals surface area contributed by atoms with Gasteiger partial charge < -0.3 is 4.90 Å². The molecule has 0 saturated carbocycles. The molecule has 0 spiro atoms. The fourth-order valence-electron chi connectivity index (χ4n) is 1.96. The average Bonchev–Trinajstić information content (AvgIpc) is 2.75. The van der Waals surface area contributed by atoms with Gasteiger partial charge in [0, 0.05) is 24.3 Å². The Hall–Kier alpha value is -0.990. The Labute approximate surface area is 103 Å². The molecule has 1 aliphatic rings. The molecule has 17 heavy (non-hydrogen) atoms. The number of rotatable bonds is 4. The SMILES string of the molecule is NS(=O)(=O)CC1CC(=O)N(Cc2cscn2)C1. The minimum atomic E-state index is -3.51. The van der Waals surface area contributed by atoms with Crippen molar-refractivity contribution in [2.24, 2.45) is 11.1 Å². The van der Waals surface area contributed by atoms with Gasteiger partial charge in [0.15, 0.2) is 0 Å². The molecular formula is C9H13N3O3S2. The van der Waals surface area contributed by atoms with Gasteiger partial charge in [0.05, 0.1) is 23.5 Å². The fourth-order valence-corrected chi connectivity index (χ4v) is 3.39. The van der Waals surface area contributed by atoms with Crippen LogP contribution in [0.2, 0.25) is 0 Å². The normalized spacial score (nSPS) is 21.1. The third-order valence-electron chi connectivity index (χ3n) is 2.60. The van der Waals surface area contributed by atoms with Gasteiger partial charge >= 0.3 is 0 Å². The van der Waals surface area contributed by atoms with E-state index in [0.717, 1.165) is 5.69 Å². The second-order valence-corrected chi connectivity index (χ2v) is 6.53. The summed E-state index contributed by atoms with van der Waals surface area (Å²) in [6, 6.07) is 0. The maximum atomic E-state index is 11.7. The van der Waals surface area contributed by atoms with Crippen LogP contribution in [-0.2, 0) is 21.4 Å². The predicted octanol–water partition coefficient (Wildman–Crippen LogP) is -0.220. The predicted molar refractivity (Wildman–Crippen MR) is 63.6 cm³/mol. The maximum Gasteiger partial charge on any atom is 0.223 e. The van der Waals surface area contributed by atoms with E-state index in [4.69, 9.17) is 5.14 Å². The van der Waals surface area contributed by atoms with E-state index in [1.54, 1.807) is 10.4 Å². The van der Waals surface area contributed by atoms with E-state index in [-0.39, 0.29) is 24.0 Å². The summed E-state index contributed by atoms with van der Waals surface area (Å²) in [6.45, 7) is 0.885. The van der Waals surface area contributed by atoms with Gasteiger partial charge in [-0.05, 0) is 0 Å². The highest BCUT2D eigenvalue weighted by molar-refractivity contribution is 7.89. The number of hydrogen-bond donors (Lipinski definition) is 1. The van der Waals surface area contributed by atoms with E-state index < -0.39 is 10.0 Å².